The number of benzene rings is 3. The van der Waals surface area contributed by atoms with Gasteiger partial charge in [0.15, 0.2) is 0 Å². The molecule has 0 fully saturated rings. The molecule has 1 heterocycles. The second-order valence-corrected chi connectivity index (χ2v) is 8.99. The molecule has 38 heavy (non-hydrogen) atoms. The summed E-state index contributed by atoms with van der Waals surface area (Å²) in [5.41, 5.74) is 4.23. The molecule has 0 amide bonds. The van der Waals surface area contributed by atoms with Gasteiger partial charge in [0.25, 0.3) is 0 Å². The summed E-state index contributed by atoms with van der Waals surface area (Å²) in [6.07, 6.45) is 7.54. The van der Waals surface area contributed by atoms with Gasteiger partial charge < -0.3 is 14.2 Å². The monoisotopic (exact) mass is 509 g/mol. The van der Waals surface area contributed by atoms with E-state index >= 15 is 0 Å². The molecule has 4 rings (SSSR count). The van der Waals surface area contributed by atoms with Crippen LogP contribution in [-0.2, 0) is 0 Å². The lowest BCUT2D eigenvalue weighted by Crippen LogP contribution is -1.96. The highest BCUT2D eigenvalue weighted by atomic mass is 16.5. The molecule has 196 valence electrons. The van der Waals surface area contributed by atoms with E-state index in [0.29, 0.717) is 13.2 Å². The lowest BCUT2D eigenvalue weighted by molar-refractivity contribution is 0.306. The van der Waals surface area contributed by atoms with Gasteiger partial charge in [0.1, 0.15) is 17.2 Å². The Morgan fingerprint density at radius 2 is 1.16 bits per heavy atom. The number of rotatable bonds is 13. The molecule has 0 radical (unpaired) electrons. The van der Waals surface area contributed by atoms with Crippen LogP contribution in [0.3, 0.4) is 0 Å². The highest BCUT2D eigenvalue weighted by Gasteiger charge is 2.18. The van der Waals surface area contributed by atoms with Gasteiger partial charge in [-0.05, 0) is 86.0 Å². The molecule has 0 bridgehead atoms. The third kappa shape index (κ3) is 7.72. The summed E-state index contributed by atoms with van der Waals surface area (Å²) < 4.78 is 23.4. The minimum absolute atomic E-state index is 0.637. The van der Waals surface area contributed by atoms with Gasteiger partial charge in [-0.2, -0.15) is 0 Å². The molecule has 0 N–H and O–H groups in total. The number of hydrogen-bond acceptors (Lipinski definition) is 3. The van der Waals surface area contributed by atoms with Gasteiger partial charge in [0.2, 0.25) is 0 Å². The van der Waals surface area contributed by atoms with Crippen molar-refractivity contribution in [2.24, 2.45) is 0 Å². The summed E-state index contributed by atoms with van der Waals surface area (Å²) in [7, 11) is 0. The molecular weight excluding hydrogens is 472 g/mol. The first-order valence-corrected chi connectivity index (χ1v) is 13.5. The summed E-state index contributed by atoms with van der Waals surface area (Å²) in [5, 5.41) is 0. The third-order valence-electron chi connectivity index (χ3n) is 6.10. The Balaban J connectivity index is 1.60. The number of ether oxygens (including phenoxy) is 3. The zero-order valence-electron chi connectivity index (χ0n) is 22.6. The van der Waals surface area contributed by atoms with Gasteiger partial charge in [-0.15, -0.1) is 0 Å². The molecule has 0 saturated heterocycles. The van der Waals surface area contributed by atoms with Gasteiger partial charge in [0.05, 0.1) is 37.5 Å². The summed E-state index contributed by atoms with van der Waals surface area (Å²) in [5.74, 6) is 4.16. The van der Waals surface area contributed by atoms with Crippen molar-refractivity contribution in [1.29, 1.82) is 0 Å². The molecule has 3 aromatic carbocycles. The van der Waals surface area contributed by atoms with Gasteiger partial charge in [-0.3, -0.25) is 0 Å². The fraction of sp³-hybridized carbons (Fsp3) is 0.265. The van der Waals surface area contributed by atoms with Gasteiger partial charge in [-0.1, -0.05) is 44.0 Å². The van der Waals surface area contributed by atoms with E-state index in [9.17, 15) is 0 Å². The smallest absolute Gasteiger partial charge is 0.361 e. The quantitative estimate of drug-likeness (QED) is 0.133. The summed E-state index contributed by atoms with van der Waals surface area (Å²) >= 11 is 0. The van der Waals surface area contributed by atoms with Crippen molar-refractivity contribution in [2.45, 2.75) is 40.0 Å². The normalized spacial score (nSPS) is 11.0. The standard InChI is InChI=1S/C34H37O4/c1-4-7-8-23-37-32-16-9-26(10-17-32)11-18-33-24-29(27-12-19-30(20-13-27)35-5-2)25-34(38-33)28-14-21-31(22-15-28)36-6-3/h9-22,24-25H,4-8,23H2,1-3H3/q+1. The molecule has 0 saturated carbocycles. The van der Waals surface area contributed by atoms with Crippen molar-refractivity contribution >= 4 is 12.2 Å². The molecule has 4 nitrogen and oxygen atoms in total. The minimum atomic E-state index is 0.637. The topological polar surface area (TPSA) is 39.0 Å². The molecule has 4 heteroatoms. The van der Waals surface area contributed by atoms with E-state index in [1.165, 1.54) is 12.8 Å². The highest BCUT2D eigenvalue weighted by Crippen LogP contribution is 2.31. The lowest BCUT2D eigenvalue weighted by atomic mass is 10.0. The summed E-state index contributed by atoms with van der Waals surface area (Å²) in [6, 6.07) is 28.5. The molecule has 4 aromatic rings. The van der Waals surface area contributed by atoms with Crippen LogP contribution in [0.2, 0.25) is 0 Å². The van der Waals surface area contributed by atoms with Gasteiger partial charge in [-0.25, -0.2) is 4.42 Å². The maximum atomic E-state index is 6.33. The Hall–Kier alpha value is -4.05. The molecule has 0 aliphatic rings. The van der Waals surface area contributed by atoms with Crippen molar-refractivity contribution in [1.82, 2.24) is 0 Å². The predicted octanol–water partition coefficient (Wildman–Crippen LogP) is 9.43. The van der Waals surface area contributed by atoms with Crippen LogP contribution in [0.4, 0.5) is 0 Å². The van der Waals surface area contributed by atoms with Crippen molar-refractivity contribution in [3.8, 4) is 39.7 Å². The largest absolute Gasteiger partial charge is 0.494 e. The van der Waals surface area contributed by atoms with Gasteiger partial charge >= 0.3 is 11.5 Å². The first-order chi connectivity index (χ1) is 18.7. The fourth-order valence-corrected chi connectivity index (χ4v) is 4.10. The first-order valence-electron chi connectivity index (χ1n) is 13.5. The van der Waals surface area contributed by atoms with E-state index in [1.54, 1.807) is 0 Å². The van der Waals surface area contributed by atoms with Crippen LogP contribution in [0.25, 0.3) is 34.6 Å². The zero-order valence-corrected chi connectivity index (χ0v) is 22.6. The molecule has 0 atom stereocenters. The van der Waals surface area contributed by atoms with Crippen molar-refractivity contribution in [3.05, 3.63) is 96.3 Å². The average Bonchev–Trinajstić information content (AvgIpc) is 2.96. The van der Waals surface area contributed by atoms with E-state index < -0.39 is 0 Å². The molecule has 0 spiro atoms. The maximum absolute atomic E-state index is 6.33. The SMILES string of the molecule is CCCCCOc1ccc(C=Cc2cc(-c3ccc(OCC)cc3)cc(-c3ccc(OCC)cc3)[o+]2)cc1. The lowest BCUT2D eigenvalue weighted by Gasteiger charge is -2.06. The third-order valence-corrected chi connectivity index (χ3v) is 6.10. The second kappa shape index (κ2) is 14.0. The zero-order chi connectivity index (χ0) is 26.6. The number of unbranched alkanes of at least 4 members (excludes halogenated alkanes) is 2. The predicted molar refractivity (Wildman–Crippen MR) is 157 cm³/mol. The molecule has 0 aliphatic heterocycles. The Morgan fingerprint density at radius 1 is 0.579 bits per heavy atom. The molecular formula is C34H37O4+. The minimum Gasteiger partial charge on any atom is -0.494 e. The van der Waals surface area contributed by atoms with Crippen LogP contribution in [-0.4, -0.2) is 19.8 Å². The molecule has 0 unspecified atom stereocenters. The second-order valence-electron chi connectivity index (χ2n) is 8.99. The van der Waals surface area contributed by atoms with E-state index in [2.05, 4.69) is 49.4 Å². The fourth-order valence-electron chi connectivity index (χ4n) is 4.10. The number of hydrogen-bond donors (Lipinski definition) is 0. The van der Waals surface area contributed by atoms with Crippen LogP contribution >= 0.6 is 0 Å². The molecule has 1 aromatic heterocycles. The Kier molecular flexibility index (Phi) is 9.97. The Morgan fingerprint density at radius 3 is 1.76 bits per heavy atom. The van der Waals surface area contributed by atoms with Crippen LogP contribution in [0.5, 0.6) is 17.2 Å². The van der Waals surface area contributed by atoms with Crippen LogP contribution in [0.1, 0.15) is 51.4 Å². The summed E-state index contributed by atoms with van der Waals surface area (Å²) in [6.45, 7) is 8.21. The van der Waals surface area contributed by atoms with E-state index in [4.69, 9.17) is 18.6 Å². The van der Waals surface area contributed by atoms with Crippen LogP contribution in [0, 0.1) is 0 Å². The van der Waals surface area contributed by atoms with Crippen molar-refractivity contribution in [3.63, 3.8) is 0 Å². The molecule has 0 aliphatic carbocycles. The van der Waals surface area contributed by atoms with E-state index in [-0.39, 0.29) is 0 Å². The van der Waals surface area contributed by atoms with Crippen molar-refractivity contribution in [2.75, 3.05) is 19.8 Å². The van der Waals surface area contributed by atoms with Crippen molar-refractivity contribution < 1.29 is 18.6 Å². The first kappa shape index (κ1) is 27.0. The Labute approximate surface area is 226 Å². The summed E-state index contributed by atoms with van der Waals surface area (Å²) in [4.78, 5) is 0. The maximum Gasteiger partial charge on any atom is 0.361 e. The highest BCUT2D eigenvalue weighted by molar-refractivity contribution is 5.75. The van der Waals surface area contributed by atoms with Crippen LogP contribution < -0.4 is 14.2 Å². The Bertz CT molecular complexity index is 1220. The van der Waals surface area contributed by atoms with Gasteiger partial charge in [0, 0.05) is 11.6 Å². The van der Waals surface area contributed by atoms with E-state index in [1.807, 2.05) is 68.5 Å². The average molecular weight is 510 g/mol. The van der Waals surface area contributed by atoms with E-state index in [0.717, 1.165) is 64.1 Å². The van der Waals surface area contributed by atoms with Crippen LogP contribution in [0.15, 0.2) is 89.3 Å².